The molecule has 0 radical (unpaired) electrons. The molecule has 0 amide bonds. The normalized spacial score (nSPS) is 19.2. The van der Waals surface area contributed by atoms with Crippen LogP contribution < -0.4 is 0 Å². The lowest BCUT2D eigenvalue weighted by Gasteiger charge is -2.20. The number of ether oxygens (including phenoxy) is 1. The second kappa shape index (κ2) is 5.79. The molecule has 0 saturated heterocycles. The Morgan fingerprint density at radius 1 is 1.38 bits per heavy atom. The van der Waals surface area contributed by atoms with E-state index in [1.807, 2.05) is 13.0 Å². The maximum absolute atomic E-state index is 11.2. The molecule has 1 rings (SSSR count). The minimum atomic E-state index is -0.172. The first-order chi connectivity index (χ1) is 6.33. The monoisotopic (exact) mass is 182 g/mol. The average Bonchev–Trinajstić information content (AvgIpc) is 2.16. The predicted molar refractivity (Wildman–Crippen MR) is 52.4 cm³/mol. The van der Waals surface area contributed by atoms with Gasteiger partial charge in [0.1, 0.15) is 6.10 Å². The molecule has 0 heterocycles. The van der Waals surface area contributed by atoms with E-state index < -0.39 is 0 Å². The Morgan fingerprint density at radius 2 is 2.08 bits per heavy atom. The Labute approximate surface area is 80.0 Å². The molecule has 0 N–H and O–H groups in total. The van der Waals surface area contributed by atoms with Crippen molar-refractivity contribution >= 4 is 5.97 Å². The maximum atomic E-state index is 11.2. The molecule has 0 aromatic carbocycles. The van der Waals surface area contributed by atoms with Crippen molar-refractivity contribution in [3.63, 3.8) is 0 Å². The first-order valence-electron chi connectivity index (χ1n) is 5.20. The molecule has 74 valence electrons. The lowest BCUT2D eigenvalue weighted by molar-refractivity contribution is -0.144. The molecular formula is C11H18O2. The lowest BCUT2D eigenvalue weighted by Crippen LogP contribution is -2.19. The Morgan fingerprint density at radius 3 is 2.69 bits per heavy atom. The van der Waals surface area contributed by atoms with Crippen molar-refractivity contribution in [2.75, 3.05) is 0 Å². The summed E-state index contributed by atoms with van der Waals surface area (Å²) in [6, 6.07) is 0. The molecule has 0 aromatic rings. The minimum Gasteiger partial charge on any atom is -0.459 e. The van der Waals surface area contributed by atoms with Crippen LogP contribution in [0.4, 0.5) is 0 Å². The molecule has 0 unspecified atom stereocenters. The molecule has 0 aromatic heterocycles. The van der Waals surface area contributed by atoms with Crippen molar-refractivity contribution in [3.05, 3.63) is 12.2 Å². The summed E-state index contributed by atoms with van der Waals surface area (Å²) < 4.78 is 5.27. The highest BCUT2D eigenvalue weighted by atomic mass is 16.5. The van der Waals surface area contributed by atoms with Crippen LogP contribution >= 0.6 is 0 Å². The number of carbonyl (C=O) groups is 1. The zero-order chi connectivity index (χ0) is 9.52. The van der Waals surface area contributed by atoms with Crippen molar-refractivity contribution in [1.29, 1.82) is 0 Å². The fraction of sp³-hybridized carbons (Fsp3) is 0.727. The largest absolute Gasteiger partial charge is 0.459 e. The van der Waals surface area contributed by atoms with Crippen LogP contribution in [-0.4, -0.2) is 12.1 Å². The van der Waals surface area contributed by atoms with Gasteiger partial charge in [-0.1, -0.05) is 19.4 Å². The van der Waals surface area contributed by atoms with E-state index in [-0.39, 0.29) is 12.1 Å². The Kier molecular flexibility index (Phi) is 4.58. The number of carbonyl (C=O) groups excluding carboxylic acids is 1. The van der Waals surface area contributed by atoms with Gasteiger partial charge in [0.25, 0.3) is 0 Å². The van der Waals surface area contributed by atoms with Crippen LogP contribution in [0.1, 0.15) is 45.4 Å². The Bertz CT molecular complexity index is 179. The summed E-state index contributed by atoms with van der Waals surface area (Å²) >= 11 is 0. The fourth-order valence-electron chi connectivity index (χ4n) is 1.60. The van der Waals surface area contributed by atoms with Gasteiger partial charge in [-0.05, 0) is 32.1 Å². The molecule has 13 heavy (non-hydrogen) atoms. The Balaban J connectivity index is 2.22. The smallest absolute Gasteiger partial charge is 0.330 e. The number of hydrogen-bond donors (Lipinski definition) is 0. The molecule has 0 spiro atoms. The highest BCUT2D eigenvalue weighted by molar-refractivity contribution is 5.81. The molecule has 2 nitrogen and oxygen atoms in total. The van der Waals surface area contributed by atoms with Gasteiger partial charge in [0.2, 0.25) is 0 Å². The molecule has 1 fully saturated rings. The quantitative estimate of drug-likeness (QED) is 0.495. The van der Waals surface area contributed by atoms with Gasteiger partial charge >= 0.3 is 5.97 Å². The van der Waals surface area contributed by atoms with Gasteiger partial charge in [0.05, 0.1) is 0 Å². The van der Waals surface area contributed by atoms with Gasteiger partial charge < -0.3 is 4.74 Å². The summed E-state index contributed by atoms with van der Waals surface area (Å²) in [4.78, 5) is 11.2. The lowest BCUT2D eigenvalue weighted by atomic mass is 9.98. The molecular weight excluding hydrogens is 164 g/mol. The average molecular weight is 182 g/mol. The van der Waals surface area contributed by atoms with E-state index in [9.17, 15) is 4.79 Å². The number of hydrogen-bond acceptors (Lipinski definition) is 2. The topological polar surface area (TPSA) is 26.3 Å². The second-order valence-corrected chi connectivity index (χ2v) is 3.51. The van der Waals surface area contributed by atoms with E-state index in [2.05, 4.69) is 0 Å². The van der Waals surface area contributed by atoms with Crippen LogP contribution in [0.3, 0.4) is 0 Å². The van der Waals surface area contributed by atoms with Gasteiger partial charge in [-0.2, -0.15) is 0 Å². The van der Waals surface area contributed by atoms with Gasteiger partial charge in [0.15, 0.2) is 0 Å². The maximum Gasteiger partial charge on any atom is 0.330 e. The van der Waals surface area contributed by atoms with Crippen molar-refractivity contribution in [1.82, 2.24) is 0 Å². The van der Waals surface area contributed by atoms with E-state index in [4.69, 9.17) is 4.74 Å². The van der Waals surface area contributed by atoms with Gasteiger partial charge in [-0.25, -0.2) is 4.79 Å². The summed E-state index contributed by atoms with van der Waals surface area (Å²) in [5, 5.41) is 0. The van der Waals surface area contributed by atoms with Crippen molar-refractivity contribution in [3.8, 4) is 0 Å². The third-order valence-corrected chi connectivity index (χ3v) is 2.32. The summed E-state index contributed by atoms with van der Waals surface area (Å²) in [6.45, 7) is 2.00. The summed E-state index contributed by atoms with van der Waals surface area (Å²) in [5.41, 5.74) is 0. The van der Waals surface area contributed by atoms with Gasteiger partial charge in [-0.3, -0.25) is 0 Å². The molecule has 2 heteroatoms. The van der Waals surface area contributed by atoms with Crippen LogP contribution in [0.15, 0.2) is 12.2 Å². The highest BCUT2D eigenvalue weighted by Gasteiger charge is 2.15. The van der Waals surface area contributed by atoms with Crippen LogP contribution in [0, 0.1) is 0 Å². The summed E-state index contributed by atoms with van der Waals surface area (Å²) in [5.74, 6) is -0.172. The number of esters is 1. The third kappa shape index (κ3) is 4.11. The first kappa shape index (κ1) is 10.3. The predicted octanol–water partition coefficient (Wildman–Crippen LogP) is 2.83. The van der Waals surface area contributed by atoms with Gasteiger partial charge in [0, 0.05) is 6.08 Å². The van der Waals surface area contributed by atoms with E-state index in [1.54, 1.807) is 0 Å². The highest BCUT2D eigenvalue weighted by Crippen LogP contribution is 2.20. The SMILES string of the molecule is CC/C=C\C(=O)OC1CCCCC1. The summed E-state index contributed by atoms with van der Waals surface area (Å²) in [7, 11) is 0. The van der Waals surface area contributed by atoms with Crippen LogP contribution in [0.25, 0.3) is 0 Å². The fourth-order valence-corrected chi connectivity index (χ4v) is 1.60. The number of allylic oxidation sites excluding steroid dienone is 1. The van der Waals surface area contributed by atoms with Crippen molar-refractivity contribution in [2.24, 2.45) is 0 Å². The van der Waals surface area contributed by atoms with Gasteiger partial charge in [-0.15, -0.1) is 0 Å². The zero-order valence-corrected chi connectivity index (χ0v) is 8.29. The zero-order valence-electron chi connectivity index (χ0n) is 8.29. The minimum absolute atomic E-state index is 0.172. The molecule has 1 saturated carbocycles. The molecule has 1 aliphatic rings. The third-order valence-electron chi connectivity index (χ3n) is 2.32. The first-order valence-corrected chi connectivity index (χ1v) is 5.20. The van der Waals surface area contributed by atoms with E-state index in [0.29, 0.717) is 0 Å². The van der Waals surface area contributed by atoms with Crippen LogP contribution in [-0.2, 0) is 9.53 Å². The van der Waals surface area contributed by atoms with Crippen LogP contribution in [0.2, 0.25) is 0 Å². The van der Waals surface area contributed by atoms with Crippen LogP contribution in [0.5, 0.6) is 0 Å². The molecule has 1 aliphatic carbocycles. The molecule has 0 atom stereocenters. The molecule has 0 bridgehead atoms. The number of rotatable bonds is 3. The second-order valence-electron chi connectivity index (χ2n) is 3.51. The van der Waals surface area contributed by atoms with E-state index >= 15 is 0 Å². The van der Waals surface area contributed by atoms with Crippen molar-refractivity contribution < 1.29 is 9.53 Å². The summed E-state index contributed by atoms with van der Waals surface area (Å²) in [6.07, 6.45) is 10.2. The van der Waals surface area contributed by atoms with Crippen molar-refractivity contribution in [2.45, 2.75) is 51.6 Å². The van der Waals surface area contributed by atoms with E-state index in [0.717, 1.165) is 19.3 Å². The standard InChI is InChI=1S/C11H18O2/c1-2-3-9-11(12)13-10-7-5-4-6-8-10/h3,9-10H,2,4-8H2,1H3/b9-3-. The van der Waals surface area contributed by atoms with E-state index in [1.165, 1.54) is 25.3 Å². The Hall–Kier alpha value is -0.790. The molecule has 0 aliphatic heterocycles.